The molecule has 0 spiro atoms. The lowest BCUT2D eigenvalue weighted by Crippen LogP contribution is -2.18. The quantitative estimate of drug-likeness (QED) is 0.503. The van der Waals surface area contributed by atoms with Crippen LogP contribution in [0.25, 0.3) is 0 Å². The maximum Gasteiger partial charge on any atom is 0.419 e. The molecule has 0 atom stereocenters. The molecule has 0 saturated heterocycles. The molecule has 0 aliphatic carbocycles. The average molecular weight is 246 g/mol. The van der Waals surface area contributed by atoms with Gasteiger partial charge in [0.25, 0.3) is 0 Å². The lowest BCUT2D eigenvalue weighted by molar-refractivity contribution is -0.0805. The highest BCUT2D eigenvalue weighted by Crippen LogP contribution is 2.28. The molecule has 0 saturated carbocycles. The SMILES string of the molecule is O=S(=O)(OC(F)(F)S)c1cccs1. The van der Waals surface area contributed by atoms with E-state index in [0.29, 0.717) is 0 Å². The van der Waals surface area contributed by atoms with Gasteiger partial charge in [0.1, 0.15) is 4.21 Å². The molecular weight excluding hydrogens is 242 g/mol. The van der Waals surface area contributed by atoms with Gasteiger partial charge in [-0.25, -0.2) is 0 Å². The van der Waals surface area contributed by atoms with Crippen LogP contribution in [0, 0.1) is 0 Å². The molecule has 1 rings (SSSR count). The van der Waals surface area contributed by atoms with Gasteiger partial charge in [0.2, 0.25) is 0 Å². The van der Waals surface area contributed by atoms with Crippen molar-refractivity contribution in [3.8, 4) is 0 Å². The largest absolute Gasteiger partial charge is 0.419 e. The van der Waals surface area contributed by atoms with Gasteiger partial charge in [0.05, 0.1) is 0 Å². The third kappa shape index (κ3) is 3.22. The van der Waals surface area contributed by atoms with Crippen LogP contribution in [0.3, 0.4) is 0 Å². The first-order valence-electron chi connectivity index (χ1n) is 2.90. The van der Waals surface area contributed by atoms with Gasteiger partial charge < -0.3 is 0 Å². The van der Waals surface area contributed by atoms with Crippen LogP contribution in [0.4, 0.5) is 8.78 Å². The zero-order chi connectivity index (χ0) is 10.1. The standard InChI is InChI=1S/C5H4F2O3S3/c6-5(7,11)10-13(8,9)4-2-1-3-12-4/h1-3,11H. The maximum absolute atomic E-state index is 12.1. The molecule has 0 aliphatic heterocycles. The van der Waals surface area contributed by atoms with Gasteiger partial charge in [-0.3, -0.25) is 0 Å². The molecule has 8 heteroatoms. The summed E-state index contributed by atoms with van der Waals surface area (Å²) in [6.45, 7) is 0. The van der Waals surface area contributed by atoms with Crippen LogP contribution >= 0.6 is 24.0 Å². The molecule has 1 heterocycles. The van der Waals surface area contributed by atoms with Crippen molar-refractivity contribution >= 4 is 34.1 Å². The summed E-state index contributed by atoms with van der Waals surface area (Å²) in [7, 11) is -4.38. The fourth-order valence-corrected chi connectivity index (χ4v) is 2.65. The van der Waals surface area contributed by atoms with Crippen LogP contribution in [0.5, 0.6) is 0 Å². The van der Waals surface area contributed by atoms with Crippen molar-refractivity contribution in [2.75, 3.05) is 0 Å². The zero-order valence-corrected chi connectivity index (χ0v) is 8.50. The second-order valence-electron chi connectivity index (χ2n) is 1.96. The van der Waals surface area contributed by atoms with E-state index in [4.69, 9.17) is 0 Å². The number of halogens is 2. The molecule has 0 bridgehead atoms. The third-order valence-electron chi connectivity index (χ3n) is 0.951. The molecule has 0 aliphatic rings. The smallest absolute Gasteiger partial charge is 0.193 e. The first-order chi connectivity index (χ1) is 5.81. The molecule has 0 N–H and O–H groups in total. The van der Waals surface area contributed by atoms with Crippen molar-refractivity contribution in [1.82, 2.24) is 0 Å². The van der Waals surface area contributed by atoms with E-state index in [1.54, 1.807) is 0 Å². The summed E-state index contributed by atoms with van der Waals surface area (Å²) in [6, 6.07) is 2.58. The van der Waals surface area contributed by atoms with E-state index < -0.39 is 15.6 Å². The summed E-state index contributed by atoms with van der Waals surface area (Å²) in [5, 5.41) is 1.44. The number of hydrogen-bond donors (Lipinski definition) is 1. The Bertz CT molecular complexity index is 364. The molecule has 3 nitrogen and oxygen atoms in total. The topological polar surface area (TPSA) is 43.4 Å². The zero-order valence-electron chi connectivity index (χ0n) is 5.98. The summed E-state index contributed by atoms with van der Waals surface area (Å²) in [5.74, 6) is 0. The fourth-order valence-electron chi connectivity index (χ4n) is 0.579. The van der Waals surface area contributed by atoms with Crippen molar-refractivity contribution < 1.29 is 21.4 Å². The fraction of sp³-hybridized carbons (Fsp3) is 0.200. The van der Waals surface area contributed by atoms with Crippen molar-refractivity contribution in [3.63, 3.8) is 0 Å². The minimum absolute atomic E-state index is 0.277. The van der Waals surface area contributed by atoms with E-state index >= 15 is 0 Å². The van der Waals surface area contributed by atoms with Gasteiger partial charge in [0.15, 0.2) is 0 Å². The molecule has 74 valence electrons. The molecule has 0 fully saturated rings. The molecule has 0 amide bonds. The number of alkyl halides is 2. The van der Waals surface area contributed by atoms with E-state index in [1.165, 1.54) is 17.5 Å². The van der Waals surface area contributed by atoms with Crippen LogP contribution in [0.2, 0.25) is 0 Å². The van der Waals surface area contributed by atoms with Gasteiger partial charge in [0, 0.05) is 0 Å². The summed E-state index contributed by atoms with van der Waals surface area (Å²) < 4.78 is 49.3. The van der Waals surface area contributed by atoms with Crippen LogP contribution in [-0.4, -0.2) is 13.9 Å². The van der Waals surface area contributed by atoms with Crippen LogP contribution in [0.15, 0.2) is 21.7 Å². The second-order valence-corrected chi connectivity index (χ2v) is 5.20. The van der Waals surface area contributed by atoms with Crippen LogP contribution in [0.1, 0.15) is 0 Å². The Morgan fingerprint density at radius 2 is 2.15 bits per heavy atom. The van der Waals surface area contributed by atoms with Crippen molar-refractivity contribution in [2.24, 2.45) is 0 Å². The van der Waals surface area contributed by atoms with Gasteiger partial charge in [-0.15, -0.1) is 11.3 Å². The Kier molecular flexibility index (Phi) is 2.95. The van der Waals surface area contributed by atoms with Crippen LogP contribution < -0.4 is 0 Å². The minimum Gasteiger partial charge on any atom is -0.193 e. The monoisotopic (exact) mass is 246 g/mol. The molecule has 0 unspecified atom stereocenters. The lowest BCUT2D eigenvalue weighted by Gasteiger charge is -2.08. The highest BCUT2D eigenvalue weighted by Gasteiger charge is 2.33. The summed E-state index contributed by atoms with van der Waals surface area (Å²) in [4.78, 5) is 0. The van der Waals surface area contributed by atoms with E-state index in [-0.39, 0.29) is 4.21 Å². The first kappa shape index (κ1) is 10.9. The highest BCUT2D eigenvalue weighted by atomic mass is 32.3. The van der Waals surface area contributed by atoms with Gasteiger partial charge in [-0.1, -0.05) is 18.7 Å². The normalized spacial score (nSPS) is 13.2. The first-order valence-corrected chi connectivity index (χ1v) is 5.64. The van der Waals surface area contributed by atoms with Crippen molar-refractivity contribution in [3.05, 3.63) is 17.5 Å². The molecule has 1 aromatic rings. The van der Waals surface area contributed by atoms with Crippen molar-refractivity contribution in [2.45, 2.75) is 9.65 Å². The Morgan fingerprint density at radius 1 is 1.54 bits per heavy atom. The minimum atomic E-state index is -4.38. The van der Waals surface area contributed by atoms with E-state index in [1.807, 2.05) is 0 Å². The number of thiol groups is 1. The third-order valence-corrected chi connectivity index (χ3v) is 3.79. The van der Waals surface area contributed by atoms with Crippen molar-refractivity contribution in [1.29, 1.82) is 0 Å². The number of thiophene rings is 1. The molecule has 0 radical (unpaired) electrons. The maximum atomic E-state index is 12.1. The summed E-state index contributed by atoms with van der Waals surface area (Å²) in [6.07, 6.45) is 0. The number of rotatable bonds is 3. The van der Waals surface area contributed by atoms with Gasteiger partial charge >= 0.3 is 15.6 Å². The van der Waals surface area contributed by atoms with E-state index in [9.17, 15) is 17.2 Å². The lowest BCUT2D eigenvalue weighted by atomic mass is 10.7. The van der Waals surface area contributed by atoms with E-state index in [0.717, 1.165) is 11.3 Å². The molecule has 0 aromatic carbocycles. The average Bonchev–Trinajstić information content (AvgIpc) is 2.29. The molecule has 13 heavy (non-hydrogen) atoms. The summed E-state index contributed by atoms with van der Waals surface area (Å²) >= 11 is 3.44. The van der Waals surface area contributed by atoms with Gasteiger partial charge in [-0.05, 0) is 11.4 Å². The van der Waals surface area contributed by atoms with Crippen LogP contribution in [-0.2, 0) is 14.3 Å². The summed E-state index contributed by atoms with van der Waals surface area (Å²) in [5.41, 5.74) is -3.98. The molecular formula is C5H4F2O3S3. The van der Waals surface area contributed by atoms with Gasteiger partial charge in [-0.2, -0.15) is 21.4 Å². The predicted octanol–water partition coefficient (Wildman–Crippen LogP) is 1.93. The Balaban J connectivity index is 2.93. The Labute approximate surface area is 82.9 Å². The highest BCUT2D eigenvalue weighted by molar-refractivity contribution is 7.90. The number of hydrogen-bond acceptors (Lipinski definition) is 5. The Morgan fingerprint density at radius 3 is 2.54 bits per heavy atom. The Hall–Kier alpha value is -0.180. The van der Waals surface area contributed by atoms with E-state index in [2.05, 4.69) is 16.8 Å². The predicted molar refractivity (Wildman–Crippen MR) is 46.5 cm³/mol. The second kappa shape index (κ2) is 3.52. The molecule has 1 aromatic heterocycles.